The van der Waals surface area contributed by atoms with Crippen molar-refractivity contribution < 1.29 is 34.4 Å². The molecule has 0 N–H and O–H groups in total. The van der Waals surface area contributed by atoms with E-state index in [4.69, 9.17) is 0 Å². The van der Waals surface area contributed by atoms with Crippen molar-refractivity contribution in [2.24, 2.45) is 0 Å². The number of thiophene rings is 1. The van der Waals surface area contributed by atoms with Crippen molar-refractivity contribution in [1.82, 2.24) is 0 Å². The number of halogens is 4. The number of anilines is 1. The van der Waals surface area contributed by atoms with E-state index < -0.39 is 49.0 Å². The molecule has 30 heavy (non-hydrogen) atoms. The number of alkyl halides is 3. The largest absolute Gasteiger partial charge is 0.419 e. The Morgan fingerprint density at radius 3 is 2.27 bits per heavy atom. The van der Waals surface area contributed by atoms with Gasteiger partial charge in [0.2, 0.25) is 0 Å². The first-order valence-electron chi connectivity index (χ1n) is 8.29. The number of hydrogen-bond donors (Lipinski definition) is 0. The molecule has 0 bridgehead atoms. The molecule has 0 aliphatic rings. The average Bonchev–Trinajstić information content (AvgIpc) is 3.01. The molecule has 0 aliphatic heterocycles. The topological polar surface area (TPSA) is 71.5 Å². The van der Waals surface area contributed by atoms with Crippen LogP contribution >= 0.6 is 11.3 Å². The lowest BCUT2D eigenvalue weighted by Gasteiger charge is -2.23. The fourth-order valence-corrected chi connectivity index (χ4v) is 7.56. The maximum Gasteiger partial charge on any atom is 0.419 e. The van der Waals surface area contributed by atoms with Crippen molar-refractivity contribution in [3.05, 3.63) is 65.5 Å². The van der Waals surface area contributed by atoms with Gasteiger partial charge in [0.1, 0.15) is 10.8 Å². The highest BCUT2D eigenvalue weighted by Gasteiger charge is 2.35. The SMILES string of the molecule is CS(=O)(=O)CS(=O)(=O)N(Cc1ccc(F)c(C(F)(F)F)c1)c1cc2ccccc2s1. The van der Waals surface area contributed by atoms with Crippen molar-refractivity contribution >= 4 is 46.3 Å². The predicted molar refractivity (Wildman–Crippen MR) is 108 cm³/mol. The second kappa shape index (κ2) is 7.82. The summed E-state index contributed by atoms with van der Waals surface area (Å²) in [5, 5.41) is -0.397. The van der Waals surface area contributed by atoms with Crippen LogP contribution < -0.4 is 4.31 Å². The summed E-state index contributed by atoms with van der Waals surface area (Å²) in [7, 11) is -8.42. The van der Waals surface area contributed by atoms with Gasteiger partial charge in [0.15, 0.2) is 14.9 Å². The molecule has 5 nitrogen and oxygen atoms in total. The van der Waals surface area contributed by atoms with Crippen LogP contribution in [0.2, 0.25) is 0 Å². The lowest BCUT2D eigenvalue weighted by atomic mass is 10.1. The molecule has 0 fully saturated rings. The standard InChI is InChI=1S/C18H15F4NO4S3/c1-29(24,25)11-30(26,27)23(17-9-13-4-2-3-5-16(13)28-17)10-12-6-7-15(19)14(8-12)18(20,21)22/h2-9H,10-11H2,1H3. The van der Waals surface area contributed by atoms with Crippen LogP contribution in [0.25, 0.3) is 10.1 Å². The minimum absolute atomic E-state index is 0.137. The van der Waals surface area contributed by atoms with Crippen molar-refractivity contribution in [3.63, 3.8) is 0 Å². The second-order valence-electron chi connectivity index (χ2n) is 6.60. The number of benzene rings is 2. The third kappa shape index (κ3) is 5.10. The molecule has 0 atom stereocenters. The van der Waals surface area contributed by atoms with Gasteiger partial charge in [0, 0.05) is 11.0 Å². The first kappa shape index (κ1) is 22.5. The number of hydrogen-bond acceptors (Lipinski definition) is 5. The van der Waals surface area contributed by atoms with Crippen molar-refractivity contribution in [2.75, 3.05) is 15.6 Å². The highest BCUT2D eigenvalue weighted by molar-refractivity contribution is 8.08. The number of sulfone groups is 1. The summed E-state index contributed by atoms with van der Waals surface area (Å²) >= 11 is 1.05. The van der Waals surface area contributed by atoms with E-state index in [2.05, 4.69) is 0 Å². The molecule has 0 amide bonds. The Kier molecular flexibility index (Phi) is 5.87. The van der Waals surface area contributed by atoms with Crippen LogP contribution in [-0.4, -0.2) is 28.2 Å². The highest BCUT2D eigenvalue weighted by Crippen LogP contribution is 2.36. The molecule has 162 valence electrons. The normalized spacial score (nSPS) is 13.0. The molecular formula is C18H15F4NO4S3. The van der Waals surface area contributed by atoms with E-state index in [0.29, 0.717) is 22.2 Å². The monoisotopic (exact) mass is 481 g/mol. The minimum Gasteiger partial charge on any atom is -0.256 e. The number of sulfonamides is 1. The zero-order valence-corrected chi connectivity index (χ0v) is 17.8. The van der Waals surface area contributed by atoms with Crippen LogP contribution in [0.4, 0.5) is 22.6 Å². The molecule has 2 aromatic carbocycles. The fraction of sp³-hybridized carbons (Fsp3) is 0.222. The van der Waals surface area contributed by atoms with Gasteiger partial charge in [-0.3, -0.25) is 4.31 Å². The number of nitrogens with zero attached hydrogens (tertiary/aromatic N) is 1. The Morgan fingerprint density at radius 1 is 1.00 bits per heavy atom. The third-order valence-corrected chi connectivity index (χ3v) is 9.18. The Morgan fingerprint density at radius 2 is 1.67 bits per heavy atom. The third-order valence-electron chi connectivity index (χ3n) is 4.02. The Bertz CT molecular complexity index is 1270. The summed E-state index contributed by atoms with van der Waals surface area (Å²) in [5.41, 5.74) is -1.67. The van der Waals surface area contributed by atoms with Gasteiger partial charge in [0.05, 0.1) is 12.1 Å². The molecule has 3 aromatic rings. The van der Waals surface area contributed by atoms with Crippen molar-refractivity contribution in [2.45, 2.75) is 12.7 Å². The minimum atomic E-state index is -4.96. The summed E-state index contributed by atoms with van der Waals surface area (Å²) in [6, 6.07) is 10.6. The Balaban J connectivity index is 2.11. The summed E-state index contributed by atoms with van der Waals surface area (Å²) in [5.74, 6) is -1.49. The van der Waals surface area contributed by atoms with E-state index >= 15 is 0 Å². The molecule has 12 heteroatoms. The predicted octanol–water partition coefficient (Wildman–Crippen LogP) is 4.40. The molecule has 0 saturated carbocycles. The molecular weight excluding hydrogens is 466 g/mol. The van der Waals surface area contributed by atoms with E-state index in [1.807, 2.05) is 0 Å². The van der Waals surface area contributed by atoms with Gasteiger partial charge in [-0.05, 0) is 35.2 Å². The smallest absolute Gasteiger partial charge is 0.256 e. The molecule has 0 radical (unpaired) electrons. The van der Waals surface area contributed by atoms with Crippen LogP contribution in [0.15, 0.2) is 48.5 Å². The van der Waals surface area contributed by atoms with Crippen LogP contribution in [0.3, 0.4) is 0 Å². The lowest BCUT2D eigenvalue weighted by molar-refractivity contribution is -0.140. The Labute approximate surface area is 174 Å². The zero-order chi connectivity index (χ0) is 22.3. The zero-order valence-electron chi connectivity index (χ0n) is 15.3. The molecule has 1 aromatic heterocycles. The summed E-state index contributed by atoms with van der Waals surface area (Å²) in [6.07, 6.45) is -4.22. The number of fused-ring (bicyclic) bond motifs is 1. The van der Waals surface area contributed by atoms with Gasteiger partial charge in [-0.15, -0.1) is 11.3 Å². The van der Waals surface area contributed by atoms with Gasteiger partial charge in [-0.1, -0.05) is 24.3 Å². The average molecular weight is 482 g/mol. The summed E-state index contributed by atoms with van der Waals surface area (Å²) < 4.78 is 103. The lowest BCUT2D eigenvalue weighted by Crippen LogP contribution is -2.34. The first-order valence-corrected chi connectivity index (χ1v) is 12.8. The maximum atomic E-state index is 13.6. The highest BCUT2D eigenvalue weighted by atomic mass is 32.3. The molecule has 0 saturated heterocycles. The van der Waals surface area contributed by atoms with Crippen LogP contribution in [-0.2, 0) is 32.6 Å². The van der Waals surface area contributed by atoms with Gasteiger partial charge in [-0.25, -0.2) is 21.2 Å². The van der Waals surface area contributed by atoms with E-state index in [1.54, 1.807) is 24.3 Å². The molecule has 0 spiro atoms. The van der Waals surface area contributed by atoms with E-state index in [-0.39, 0.29) is 10.6 Å². The Hall–Kier alpha value is -2.18. The first-order chi connectivity index (χ1) is 13.8. The van der Waals surface area contributed by atoms with Crippen LogP contribution in [0, 0.1) is 5.82 Å². The molecule has 1 heterocycles. The summed E-state index contributed by atoms with van der Waals surface area (Å²) in [6.45, 7) is -0.589. The fourth-order valence-electron chi connectivity index (χ4n) is 2.79. The van der Waals surface area contributed by atoms with E-state index in [1.165, 1.54) is 6.07 Å². The second-order valence-corrected chi connectivity index (χ2v) is 12.1. The van der Waals surface area contributed by atoms with Gasteiger partial charge >= 0.3 is 6.18 Å². The van der Waals surface area contributed by atoms with Crippen LogP contribution in [0.1, 0.15) is 11.1 Å². The summed E-state index contributed by atoms with van der Waals surface area (Å²) in [4.78, 5) is 0. The quantitative estimate of drug-likeness (QED) is 0.490. The van der Waals surface area contributed by atoms with Gasteiger partial charge in [-0.2, -0.15) is 13.2 Å². The van der Waals surface area contributed by atoms with Crippen molar-refractivity contribution in [1.29, 1.82) is 0 Å². The molecule has 0 aliphatic carbocycles. The maximum absolute atomic E-state index is 13.6. The van der Waals surface area contributed by atoms with Gasteiger partial charge in [0.25, 0.3) is 10.0 Å². The van der Waals surface area contributed by atoms with Crippen molar-refractivity contribution in [3.8, 4) is 0 Å². The van der Waals surface area contributed by atoms with Gasteiger partial charge < -0.3 is 0 Å². The number of rotatable bonds is 6. The van der Waals surface area contributed by atoms with E-state index in [0.717, 1.165) is 28.0 Å². The molecule has 0 unspecified atom stereocenters. The van der Waals surface area contributed by atoms with Crippen LogP contribution in [0.5, 0.6) is 0 Å². The van der Waals surface area contributed by atoms with E-state index in [9.17, 15) is 34.4 Å². The molecule has 3 rings (SSSR count).